The summed E-state index contributed by atoms with van der Waals surface area (Å²) in [6, 6.07) is 5.61. The summed E-state index contributed by atoms with van der Waals surface area (Å²) in [6.07, 6.45) is 3.17. The van der Waals surface area contributed by atoms with Crippen LogP contribution < -0.4 is 9.47 Å². The van der Waals surface area contributed by atoms with Gasteiger partial charge in [0, 0.05) is 31.3 Å². The number of methoxy groups -OCH3 is 2. The maximum atomic E-state index is 10.1. The lowest BCUT2D eigenvalue weighted by Gasteiger charge is -2.27. The summed E-state index contributed by atoms with van der Waals surface area (Å²) in [5.41, 5.74) is 0.916. The highest BCUT2D eigenvalue weighted by Crippen LogP contribution is 2.25. The quantitative estimate of drug-likeness (QED) is 0.859. The average Bonchev–Trinajstić information content (AvgIpc) is 2.53. The Kier molecular flexibility index (Phi) is 6.04. The first kappa shape index (κ1) is 15.8. The molecule has 1 unspecified atom stereocenters. The molecule has 1 aromatic rings. The average molecular weight is 293 g/mol. The van der Waals surface area contributed by atoms with E-state index in [1.807, 2.05) is 24.3 Å². The highest BCUT2D eigenvalue weighted by molar-refractivity contribution is 5.59. The van der Waals surface area contributed by atoms with E-state index in [0.29, 0.717) is 6.54 Å². The third kappa shape index (κ3) is 4.74. The van der Waals surface area contributed by atoms with Crippen molar-refractivity contribution < 1.29 is 19.3 Å². The van der Waals surface area contributed by atoms with Gasteiger partial charge >= 0.3 is 0 Å². The van der Waals surface area contributed by atoms with Crippen LogP contribution in [0.4, 0.5) is 0 Å². The molecule has 1 saturated heterocycles. The van der Waals surface area contributed by atoms with Crippen molar-refractivity contribution in [2.45, 2.75) is 6.10 Å². The van der Waals surface area contributed by atoms with E-state index >= 15 is 0 Å². The molecule has 1 N–H and O–H groups in total. The summed E-state index contributed by atoms with van der Waals surface area (Å²) in [6.45, 7) is 3.84. The van der Waals surface area contributed by atoms with Crippen LogP contribution in [0.3, 0.4) is 0 Å². The lowest BCUT2D eigenvalue weighted by molar-refractivity contribution is 0.0223. The molecule has 1 aliphatic rings. The van der Waals surface area contributed by atoms with Gasteiger partial charge in [-0.05, 0) is 12.1 Å². The molecular weight excluding hydrogens is 270 g/mol. The Hall–Kier alpha value is -1.56. The normalized spacial score (nSPS) is 17.9. The molecule has 1 fully saturated rings. The summed E-state index contributed by atoms with van der Waals surface area (Å²) in [7, 11) is 3.24. The number of rotatable bonds is 6. The number of morpholine rings is 1. The van der Waals surface area contributed by atoms with Gasteiger partial charge in [0.05, 0.1) is 33.5 Å². The minimum absolute atomic E-state index is 0.505. The standard InChI is InChI=1S/C16H23NO4/c1-19-15-6-4-13(16(11-15)20-2)3-5-14(18)12-17-7-9-21-10-8-17/h3-6,11,14,18H,7-10,12H2,1-2H3/b5-3-. The van der Waals surface area contributed by atoms with Crippen LogP contribution in [0.2, 0.25) is 0 Å². The predicted octanol–water partition coefficient (Wildman–Crippen LogP) is 1.41. The largest absolute Gasteiger partial charge is 0.497 e. The Labute approximate surface area is 125 Å². The van der Waals surface area contributed by atoms with E-state index in [0.717, 1.165) is 43.4 Å². The van der Waals surface area contributed by atoms with Gasteiger partial charge in [0.15, 0.2) is 0 Å². The smallest absolute Gasteiger partial charge is 0.129 e. The van der Waals surface area contributed by atoms with Crippen LogP contribution >= 0.6 is 0 Å². The summed E-state index contributed by atoms with van der Waals surface area (Å²) in [5.74, 6) is 1.47. The van der Waals surface area contributed by atoms with E-state index in [-0.39, 0.29) is 0 Å². The molecule has 0 aromatic heterocycles. The second-order valence-corrected chi connectivity index (χ2v) is 4.95. The maximum absolute atomic E-state index is 10.1. The Bertz CT molecular complexity index is 469. The molecular formula is C16H23NO4. The Morgan fingerprint density at radius 2 is 2.05 bits per heavy atom. The molecule has 2 rings (SSSR count). The number of nitrogens with zero attached hydrogens (tertiary/aromatic N) is 1. The van der Waals surface area contributed by atoms with E-state index in [2.05, 4.69) is 4.90 Å². The molecule has 1 aromatic carbocycles. The molecule has 5 nitrogen and oxygen atoms in total. The molecule has 1 heterocycles. The molecule has 0 radical (unpaired) electrons. The van der Waals surface area contributed by atoms with E-state index in [1.54, 1.807) is 20.3 Å². The molecule has 0 saturated carbocycles. The molecule has 21 heavy (non-hydrogen) atoms. The lowest BCUT2D eigenvalue weighted by Crippen LogP contribution is -2.40. The number of ether oxygens (including phenoxy) is 3. The van der Waals surface area contributed by atoms with Crippen LogP contribution in [0.15, 0.2) is 24.3 Å². The molecule has 0 aliphatic carbocycles. The highest BCUT2D eigenvalue weighted by Gasteiger charge is 2.13. The van der Waals surface area contributed by atoms with Gasteiger partial charge in [-0.25, -0.2) is 0 Å². The Balaban J connectivity index is 1.95. The van der Waals surface area contributed by atoms with E-state index in [1.165, 1.54) is 0 Å². The fourth-order valence-corrected chi connectivity index (χ4v) is 2.28. The first-order valence-electron chi connectivity index (χ1n) is 7.11. The molecule has 1 atom stereocenters. The van der Waals surface area contributed by atoms with Crippen molar-refractivity contribution in [2.75, 3.05) is 47.1 Å². The molecule has 1 aliphatic heterocycles. The van der Waals surface area contributed by atoms with Gasteiger partial charge < -0.3 is 19.3 Å². The Morgan fingerprint density at radius 3 is 2.71 bits per heavy atom. The topological polar surface area (TPSA) is 51.2 Å². The van der Waals surface area contributed by atoms with E-state index in [4.69, 9.17) is 14.2 Å². The van der Waals surface area contributed by atoms with Crippen LogP contribution in [0.25, 0.3) is 6.08 Å². The zero-order valence-electron chi connectivity index (χ0n) is 12.6. The van der Waals surface area contributed by atoms with Crippen molar-refractivity contribution in [1.82, 2.24) is 4.90 Å². The fraction of sp³-hybridized carbons (Fsp3) is 0.500. The van der Waals surface area contributed by atoms with Gasteiger partial charge in [-0.2, -0.15) is 0 Å². The van der Waals surface area contributed by atoms with Gasteiger partial charge in [0.2, 0.25) is 0 Å². The van der Waals surface area contributed by atoms with Gasteiger partial charge in [-0.3, -0.25) is 4.90 Å². The van der Waals surface area contributed by atoms with Gasteiger partial charge in [0.1, 0.15) is 11.5 Å². The molecule has 0 spiro atoms. The summed E-state index contributed by atoms with van der Waals surface area (Å²) in [4.78, 5) is 2.20. The van der Waals surface area contributed by atoms with E-state index in [9.17, 15) is 5.11 Å². The number of hydrogen-bond acceptors (Lipinski definition) is 5. The van der Waals surface area contributed by atoms with Crippen molar-refractivity contribution in [2.24, 2.45) is 0 Å². The molecule has 5 heteroatoms. The minimum atomic E-state index is -0.505. The van der Waals surface area contributed by atoms with Crippen molar-refractivity contribution in [3.63, 3.8) is 0 Å². The van der Waals surface area contributed by atoms with Gasteiger partial charge in [-0.1, -0.05) is 12.2 Å². The first-order valence-corrected chi connectivity index (χ1v) is 7.11. The lowest BCUT2D eigenvalue weighted by atomic mass is 10.1. The SMILES string of the molecule is COc1ccc(/C=C\C(O)CN2CCOCC2)c(OC)c1. The zero-order valence-corrected chi connectivity index (χ0v) is 12.6. The minimum Gasteiger partial charge on any atom is -0.497 e. The van der Waals surface area contributed by atoms with Crippen molar-refractivity contribution in [3.05, 3.63) is 29.8 Å². The van der Waals surface area contributed by atoms with Crippen LogP contribution in [0.1, 0.15) is 5.56 Å². The van der Waals surface area contributed by atoms with Crippen LogP contribution in [0.5, 0.6) is 11.5 Å². The van der Waals surface area contributed by atoms with E-state index < -0.39 is 6.10 Å². The third-order valence-corrected chi connectivity index (χ3v) is 3.49. The molecule has 116 valence electrons. The fourth-order valence-electron chi connectivity index (χ4n) is 2.28. The maximum Gasteiger partial charge on any atom is 0.129 e. The van der Waals surface area contributed by atoms with Crippen LogP contribution in [-0.2, 0) is 4.74 Å². The molecule has 0 bridgehead atoms. The summed E-state index contributed by atoms with van der Waals surface area (Å²) >= 11 is 0. The predicted molar refractivity (Wildman–Crippen MR) is 81.8 cm³/mol. The second-order valence-electron chi connectivity index (χ2n) is 4.95. The Morgan fingerprint density at radius 1 is 1.29 bits per heavy atom. The number of benzene rings is 1. The van der Waals surface area contributed by atoms with Gasteiger partial charge in [-0.15, -0.1) is 0 Å². The monoisotopic (exact) mass is 293 g/mol. The van der Waals surface area contributed by atoms with Gasteiger partial charge in [0.25, 0.3) is 0 Å². The van der Waals surface area contributed by atoms with Crippen molar-refractivity contribution in [3.8, 4) is 11.5 Å². The van der Waals surface area contributed by atoms with Crippen molar-refractivity contribution in [1.29, 1.82) is 0 Å². The number of aliphatic hydroxyl groups is 1. The number of aliphatic hydroxyl groups excluding tert-OH is 1. The van der Waals surface area contributed by atoms with Crippen molar-refractivity contribution >= 4 is 6.08 Å². The number of hydrogen-bond donors (Lipinski definition) is 1. The first-order chi connectivity index (χ1) is 10.2. The second kappa shape index (κ2) is 8.02. The highest BCUT2D eigenvalue weighted by atomic mass is 16.5. The summed E-state index contributed by atoms with van der Waals surface area (Å²) in [5, 5.41) is 10.1. The molecule has 0 amide bonds. The summed E-state index contributed by atoms with van der Waals surface area (Å²) < 4.78 is 15.8. The van der Waals surface area contributed by atoms with Crippen LogP contribution in [-0.4, -0.2) is 63.2 Å². The third-order valence-electron chi connectivity index (χ3n) is 3.49. The zero-order chi connectivity index (χ0) is 15.1. The number of β-amino-alcohol motifs (C(OH)–C–C–N with tert-alkyl or cyclic N) is 1. The van der Waals surface area contributed by atoms with Crippen LogP contribution in [0, 0.1) is 0 Å².